The lowest BCUT2D eigenvalue weighted by molar-refractivity contribution is 0.569. The third-order valence-electron chi connectivity index (χ3n) is 4.40. The Balaban J connectivity index is 2.14. The van der Waals surface area contributed by atoms with Crippen LogP contribution in [0.15, 0.2) is 24.3 Å². The number of rotatable bonds is 1. The first-order chi connectivity index (χ1) is 9.90. The van der Waals surface area contributed by atoms with Gasteiger partial charge in [0, 0.05) is 24.2 Å². The van der Waals surface area contributed by atoms with Gasteiger partial charge in [-0.25, -0.2) is 8.42 Å². The number of aromatic nitrogens is 1. The zero-order valence-electron chi connectivity index (χ0n) is 12.6. The highest BCUT2D eigenvalue weighted by Gasteiger charge is 2.31. The predicted molar refractivity (Wildman–Crippen MR) is 86.7 cm³/mol. The third kappa shape index (κ3) is 2.39. The first-order valence-electron chi connectivity index (χ1n) is 7.22. The second-order valence-corrected chi connectivity index (χ2v) is 8.35. The summed E-state index contributed by atoms with van der Waals surface area (Å²) in [5.41, 5.74) is 4.25. The lowest BCUT2D eigenvalue weighted by Crippen LogP contribution is -2.46. The normalized spacial score (nSPS) is 21.7. The van der Waals surface area contributed by atoms with Crippen molar-refractivity contribution in [3.05, 3.63) is 35.5 Å². The molecule has 0 bridgehead atoms. The summed E-state index contributed by atoms with van der Waals surface area (Å²) in [4.78, 5) is 6.84. The molecule has 1 unspecified atom stereocenters. The van der Waals surface area contributed by atoms with E-state index in [1.165, 1.54) is 0 Å². The molecule has 0 aliphatic carbocycles. The second-order valence-electron chi connectivity index (χ2n) is 5.81. The lowest BCUT2D eigenvalue weighted by Gasteiger charge is -2.34. The van der Waals surface area contributed by atoms with Crippen LogP contribution in [0.1, 0.15) is 18.2 Å². The van der Waals surface area contributed by atoms with Crippen molar-refractivity contribution in [2.45, 2.75) is 26.0 Å². The summed E-state index contributed by atoms with van der Waals surface area (Å²) in [6.07, 6.45) is 0. The SMILES string of the molecule is Cc1nc2ccccc2c(N2CCS(=O)(=O)C(C)C2)c1C. The number of para-hydroxylation sites is 1. The van der Waals surface area contributed by atoms with Crippen molar-refractivity contribution in [3.63, 3.8) is 0 Å². The van der Waals surface area contributed by atoms with Crippen molar-refractivity contribution in [1.82, 2.24) is 4.98 Å². The van der Waals surface area contributed by atoms with Crippen LogP contribution in [0.3, 0.4) is 0 Å². The van der Waals surface area contributed by atoms with E-state index in [-0.39, 0.29) is 11.0 Å². The van der Waals surface area contributed by atoms with E-state index in [2.05, 4.69) is 22.9 Å². The van der Waals surface area contributed by atoms with E-state index in [9.17, 15) is 8.42 Å². The molecule has 4 nitrogen and oxygen atoms in total. The molecule has 0 spiro atoms. The van der Waals surface area contributed by atoms with Crippen molar-refractivity contribution < 1.29 is 8.42 Å². The number of fused-ring (bicyclic) bond motifs is 1. The van der Waals surface area contributed by atoms with Gasteiger partial charge in [0.05, 0.1) is 22.2 Å². The van der Waals surface area contributed by atoms with Crippen LogP contribution in [0.25, 0.3) is 10.9 Å². The number of hydrogen-bond acceptors (Lipinski definition) is 4. The number of anilines is 1. The molecule has 21 heavy (non-hydrogen) atoms. The summed E-state index contributed by atoms with van der Waals surface area (Å²) in [6, 6.07) is 8.07. The van der Waals surface area contributed by atoms with Gasteiger partial charge in [0.25, 0.3) is 0 Å². The summed E-state index contributed by atoms with van der Waals surface area (Å²) in [7, 11) is -2.94. The molecule has 1 aromatic carbocycles. The fourth-order valence-corrected chi connectivity index (χ4v) is 4.26. The molecule has 112 valence electrons. The Hall–Kier alpha value is -1.62. The Morgan fingerprint density at radius 3 is 2.67 bits per heavy atom. The molecule has 1 aliphatic rings. The molecular formula is C16H20N2O2S. The van der Waals surface area contributed by atoms with Gasteiger partial charge in [0.2, 0.25) is 0 Å². The molecule has 0 radical (unpaired) electrons. The average molecular weight is 304 g/mol. The molecule has 1 fully saturated rings. The molecule has 1 aliphatic heterocycles. The third-order valence-corrected chi connectivity index (χ3v) is 6.52. The van der Waals surface area contributed by atoms with Gasteiger partial charge in [-0.15, -0.1) is 0 Å². The summed E-state index contributed by atoms with van der Waals surface area (Å²) in [6.45, 7) is 6.98. The quantitative estimate of drug-likeness (QED) is 0.812. The van der Waals surface area contributed by atoms with Gasteiger partial charge in [0.1, 0.15) is 0 Å². The van der Waals surface area contributed by atoms with Crippen molar-refractivity contribution in [3.8, 4) is 0 Å². The maximum atomic E-state index is 11.9. The standard InChI is InChI=1S/C16H20N2O2S/c1-11-10-18(8-9-21(11,19)20)16-12(2)13(3)17-15-7-5-4-6-14(15)16/h4-7,11H,8-10H2,1-3H3. The Morgan fingerprint density at radius 1 is 1.24 bits per heavy atom. The summed E-state index contributed by atoms with van der Waals surface area (Å²) >= 11 is 0. The maximum absolute atomic E-state index is 11.9. The van der Waals surface area contributed by atoms with E-state index in [4.69, 9.17) is 0 Å². The largest absolute Gasteiger partial charge is 0.368 e. The minimum atomic E-state index is -2.94. The van der Waals surface area contributed by atoms with E-state index in [1.807, 2.05) is 25.1 Å². The molecule has 2 aromatic rings. The monoisotopic (exact) mass is 304 g/mol. The molecule has 0 N–H and O–H groups in total. The topological polar surface area (TPSA) is 50.3 Å². The molecular weight excluding hydrogens is 284 g/mol. The molecule has 5 heteroatoms. The van der Waals surface area contributed by atoms with Gasteiger partial charge in [-0.3, -0.25) is 4.98 Å². The number of hydrogen-bond donors (Lipinski definition) is 0. The highest BCUT2D eigenvalue weighted by molar-refractivity contribution is 7.92. The summed E-state index contributed by atoms with van der Waals surface area (Å²) in [5.74, 6) is 0.226. The highest BCUT2D eigenvalue weighted by Crippen LogP contribution is 2.32. The number of nitrogens with zero attached hydrogens (tertiary/aromatic N) is 2. The lowest BCUT2D eigenvalue weighted by atomic mass is 10.1. The van der Waals surface area contributed by atoms with Crippen molar-refractivity contribution >= 4 is 26.4 Å². The van der Waals surface area contributed by atoms with Gasteiger partial charge in [0.15, 0.2) is 9.84 Å². The van der Waals surface area contributed by atoms with Gasteiger partial charge < -0.3 is 4.90 Å². The first-order valence-corrected chi connectivity index (χ1v) is 8.94. The summed E-state index contributed by atoms with van der Waals surface area (Å²) in [5, 5.41) is 0.782. The fourth-order valence-electron chi connectivity index (χ4n) is 2.97. The van der Waals surface area contributed by atoms with E-state index >= 15 is 0 Å². The van der Waals surface area contributed by atoms with Crippen LogP contribution in [-0.2, 0) is 9.84 Å². The van der Waals surface area contributed by atoms with Gasteiger partial charge in [-0.1, -0.05) is 18.2 Å². The number of aryl methyl sites for hydroxylation is 1. The van der Waals surface area contributed by atoms with Crippen LogP contribution in [0.5, 0.6) is 0 Å². The molecule has 0 saturated carbocycles. The predicted octanol–water partition coefficient (Wildman–Crippen LogP) is 2.47. The Morgan fingerprint density at radius 2 is 1.95 bits per heavy atom. The van der Waals surface area contributed by atoms with Gasteiger partial charge in [-0.2, -0.15) is 0 Å². The van der Waals surface area contributed by atoms with Gasteiger partial charge >= 0.3 is 0 Å². The van der Waals surface area contributed by atoms with Gasteiger partial charge in [-0.05, 0) is 32.4 Å². The fraction of sp³-hybridized carbons (Fsp3) is 0.438. The molecule has 1 aromatic heterocycles. The zero-order chi connectivity index (χ0) is 15.2. The average Bonchev–Trinajstić information content (AvgIpc) is 2.44. The molecule has 2 heterocycles. The number of sulfone groups is 1. The van der Waals surface area contributed by atoms with Crippen LogP contribution in [0.4, 0.5) is 5.69 Å². The summed E-state index contributed by atoms with van der Waals surface area (Å²) < 4.78 is 23.9. The Kier molecular flexibility index (Phi) is 3.40. The van der Waals surface area contributed by atoms with Crippen molar-refractivity contribution in [2.24, 2.45) is 0 Å². The zero-order valence-corrected chi connectivity index (χ0v) is 13.4. The minimum Gasteiger partial charge on any atom is -0.368 e. The van der Waals surface area contributed by atoms with Crippen LogP contribution in [0.2, 0.25) is 0 Å². The molecule has 0 amide bonds. The molecule has 3 rings (SSSR count). The Bertz CT molecular complexity index is 799. The second kappa shape index (κ2) is 4.98. The van der Waals surface area contributed by atoms with Crippen LogP contribution in [0, 0.1) is 13.8 Å². The van der Waals surface area contributed by atoms with E-state index in [0.717, 1.165) is 27.8 Å². The first kappa shape index (κ1) is 14.3. The number of pyridine rings is 1. The molecule has 1 saturated heterocycles. The number of benzene rings is 1. The van der Waals surface area contributed by atoms with Crippen LogP contribution >= 0.6 is 0 Å². The van der Waals surface area contributed by atoms with Crippen LogP contribution < -0.4 is 4.90 Å². The minimum absolute atomic E-state index is 0.226. The van der Waals surface area contributed by atoms with Crippen LogP contribution in [-0.4, -0.2) is 37.5 Å². The van der Waals surface area contributed by atoms with Crippen molar-refractivity contribution in [2.75, 3.05) is 23.7 Å². The smallest absolute Gasteiger partial charge is 0.156 e. The van der Waals surface area contributed by atoms with E-state index in [1.54, 1.807) is 6.92 Å². The van der Waals surface area contributed by atoms with Crippen molar-refractivity contribution in [1.29, 1.82) is 0 Å². The van der Waals surface area contributed by atoms with E-state index < -0.39 is 9.84 Å². The molecule has 1 atom stereocenters. The Labute approximate surface area is 125 Å². The van der Waals surface area contributed by atoms with E-state index in [0.29, 0.717) is 13.1 Å². The maximum Gasteiger partial charge on any atom is 0.156 e. The highest BCUT2D eigenvalue weighted by atomic mass is 32.2.